The minimum absolute atomic E-state index is 0.114. The first-order valence-electron chi connectivity index (χ1n) is 4.19. The fourth-order valence-corrected chi connectivity index (χ4v) is 3.10. The summed E-state index contributed by atoms with van der Waals surface area (Å²) in [6.07, 6.45) is 0. The summed E-state index contributed by atoms with van der Waals surface area (Å²) in [4.78, 5) is 17.6. The van der Waals surface area contributed by atoms with Crippen molar-refractivity contribution in [3.05, 3.63) is 15.0 Å². The van der Waals surface area contributed by atoms with Gasteiger partial charge in [-0.25, -0.2) is 4.98 Å². The van der Waals surface area contributed by atoms with Gasteiger partial charge in [0.2, 0.25) is 5.91 Å². The Morgan fingerprint density at radius 3 is 2.79 bits per heavy atom. The molecule has 0 saturated heterocycles. The Kier molecular flexibility index (Phi) is 2.43. The second-order valence-corrected chi connectivity index (χ2v) is 4.82. The molecular formula is C8H9Br2N3O. The molecule has 1 unspecified atom stereocenters. The van der Waals surface area contributed by atoms with E-state index in [9.17, 15) is 4.79 Å². The molecule has 0 aliphatic carbocycles. The van der Waals surface area contributed by atoms with Gasteiger partial charge >= 0.3 is 0 Å². The third kappa shape index (κ3) is 1.32. The van der Waals surface area contributed by atoms with Crippen LogP contribution < -0.4 is 0 Å². The van der Waals surface area contributed by atoms with Crippen LogP contribution in [-0.2, 0) is 11.3 Å². The van der Waals surface area contributed by atoms with E-state index >= 15 is 0 Å². The SMILES string of the molecule is CC1C(=O)N(C)Cc2c(Br)nc(Br)n21. The van der Waals surface area contributed by atoms with Gasteiger partial charge in [-0.15, -0.1) is 0 Å². The number of aromatic nitrogens is 2. The minimum atomic E-state index is -0.183. The highest BCUT2D eigenvalue weighted by Gasteiger charge is 2.31. The quantitative estimate of drug-likeness (QED) is 0.732. The maximum Gasteiger partial charge on any atom is 0.245 e. The summed E-state index contributed by atoms with van der Waals surface area (Å²) in [7, 11) is 1.80. The largest absolute Gasteiger partial charge is 0.338 e. The number of imidazole rings is 1. The number of carbonyl (C=O) groups excluding carboxylic acids is 1. The van der Waals surface area contributed by atoms with E-state index < -0.39 is 0 Å². The van der Waals surface area contributed by atoms with E-state index in [4.69, 9.17) is 0 Å². The van der Waals surface area contributed by atoms with E-state index in [2.05, 4.69) is 36.8 Å². The topological polar surface area (TPSA) is 38.1 Å². The number of halogens is 2. The molecule has 0 aromatic carbocycles. The number of hydrogen-bond acceptors (Lipinski definition) is 2. The zero-order chi connectivity index (χ0) is 10.5. The summed E-state index contributed by atoms with van der Waals surface area (Å²) in [6, 6.07) is -0.183. The Morgan fingerprint density at radius 1 is 1.50 bits per heavy atom. The smallest absolute Gasteiger partial charge is 0.245 e. The number of amides is 1. The summed E-state index contributed by atoms with van der Waals surface area (Å²) in [6.45, 7) is 2.47. The van der Waals surface area contributed by atoms with Gasteiger partial charge in [0, 0.05) is 7.05 Å². The molecule has 1 aliphatic heterocycles. The van der Waals surface area contributed by atoms with E-state index in [0.717, 1.165) is 10.3 Å². The molecule has 4 nitrogen and oxygen atoms in total. The molecule has 1 aromatic heterocycles. The van der Waals surface area contributed by atoms with Crippen LogP contribution in [0.25, 0.3) is 0 Å². The van der Waals surface area contributed by atoms with Crippen molar-refractivity contribution in [3.8, 4) is 0 Å². The molecule has 14 heavy (non-hydrogen) atoms. The predicted octanol–water partition coefficient (Wildman–Crippen LogP) is 1.94. The zero-order valence-electron chi connectivity index (χ0n) is 7.79. The van der Waals surface area contributed by atoms with Crippen molar-refractivity contribution in [2.75, 3.05) is 7.05 Å². The zero-order valence-corrected chi connectivity index (χ0v) is 11.0. The van der Waals surface area contributed by atoms with Crippen molar-refractivity contribution in [1.29, 1.82) is 0 Å². The van der Waals surface area contributed by atoms with Gasteiger partial charge < -0.3 is 9.47 Å². The summed E-state index contributed by atoms with van der Waals surface area (Å²) in [5.74, 6) is 0.114. The summed E-state index contributed by atoms with van der Waals surface area (Å²) >= 11 is 6.72. The fourth-order valence-electron chi connectivity index (χ4n) is 1.68. The first-order chi connectivity index (χ1) is 6.52. The second-order valence-electron chi connectivity index (χ2n) is 3.36. The van der Waals surface area contributed by atoms with E-state index in [-0.39, 0.29) is 11.9 Å². The van der Waals surface area contributed by atoms with Crippen LogP contribution in [0, 0.1) is 0 Å². The van der Waals surface area contributed by atoms with Gasteiger partial charge in [-0.2, -0.15) is 0 Å². The molecule has 1 aliphatic rings. The van der Waals surface area contributed by atoms with Crippen molar-refractivity contribution in [1.82, 2.24) is 14.5 Å². The molecule has 6 heteroatoms. The van der Waals surface area contributed by atoms with Gasteiger partial charge in [0.15, 0.2) is 4.73 Å². The van der Waals surface area contributed by atoms with Crippen molar-refractivity contribution in [2.45, 2.75) is 19.5 Å². The molecule has 1 aromatic rings. The number of fused-ring (bicyclic) bond motifs is 1. The molecule has 2 rings (SSSR count). The van der Waals surface area contributed by atoms with Crippen molar-refractivity contribution in [3.63, 3.8) is 0 Å². The van der Waals surface area contributed by atoms with Crippen LogP contribution in [-0.4, -0.2) is 27.4 Å². The van der Waals surface area contributed by atoms with E-state index in [1.807, 2.05) is 11.5 Å². The summed E-state index contributed by atoms with van der Waals surface area (Å²) in [5, 5.41) is 0. The van der Waals surface area contributed by atoms with Gasteiger partial charge in [0.05, 0.1) is 12.2 Å². The molecule has 0 saturated carbocycles. The lowest BCUT2D eigenvalue weighted by molar-refractivity contribution is -0.135. The molecule has 0 radical (unpaired) electrons. The van der Waals surface area contributed by atoms with Crippen LogP contribution in [0.5, 0.6) is 0 Å². The molecular weight excluding hydrogens is 314 g/mol. The van der Waals surface area contributed by atoms with Gasteiger partial charge in [-0.1, -0.05) is 0 Å². The normalized spacial score (nSPS) is 21.3. The average molecular weight is 323 g/mol. The highest BCUT2D eigenvalue weighted by atomic mass is 79.9. The summed E-state index contributed by atoms with van der Waals surface area (Å²) in [5.41, 5.74) is 1.03. The highest BCUT2D eigenvalue weighted by Crippen LogP contribution is 2.31. The average Bonchev–Trinajstić information content (AvgIpc) is 2.38. The molecule has 0 N–H and O–H groups in total. The molecule has 76 valence electrons. The van der Waals surface area contributed by atoms with Gasteiger partial charge in [0.1, 0.15) is 10.6 Å². The van der Waals surface area contributed by atoms with Crippen LogP contribution in [0.2, 0.25) is 0 Å². The minimum Gasteiger partial charge on any atom is -0.338 e. The molecule has 1 amide bonds. The molecule has 1 atom stereocenters. The molecule has 0 bridgehead atoms. The van der Waals surface area contributed by atoms with Crippen LogP contribution in [0.3, 0.4) is 0 Å². The Hall–Kier alpha value is -0.360. The Balaban J connectivity index is 2.58. The molecule has 2 heterocycles. The number of hydrogen-bond donors (Lipinski definition) is 0. The van der Waals surface area contributed by atoms with Crippen LogP contribution >= 0.6 is 31.9 Å². The van der Waals surface area contributed by atoms with Gasteiger partial charge in [0.25, 0.3) is 0 Å². The fraction of sp³-hybridized carbons (Fsp3) is 0.500. The maximum absolute atomic E-state index is 11.7. The third-order valence-electron chi connectivity index (χ3n) is 2.43. The van der Waals surface area contributed by atoms with Crippen molar-refractivity contribution in [2.24, 2.45) is 0 Å². The van der Waals surface area contributed by atoms with E-state index in [1.165, 1.54) is 0 Å². The monoisotopic (exact) mass is 321 g/mol. The first kappa shape index (κ1) is 10.2. The lowest BCUT2D eigenvalue weighted by Gasteiger charge is -2.29. The first-order valence-corrected chi connectivity index (χ1v) is 5.78. The van der Waals surface area contributed by atoms with Crippen molar-refractivity contribution < 1.29 is 4.79 Å². The van der Waals surface area contributed by atoms with E-state index in [1.54, 1.807) is 11.9 Å². The predicted molar refractivity (Wildman–Crippen MR) is 58.8 cm³/mol. The van der Waals surface area contributed by atoms with Gasteiger partial charge in [-0.05, 0) is 38.8 Å². The second kappa shape index (κ2) is 3.34. The number of rotatable bonds is 0. The van der Waals surface area contributed by atoms with Crippen LogP contribution in [0.4, 0.5) is 0 Å². The van der Waals surface area contributed by atoms with E-state index in [0.29, 0.717) is 11.3 Å². The summed E-state index contributed by atoms with van der Waals surface area (Å²) < 4.78 is 3.41. The molecule has 0 spiro atoms. The van der Waals surface area contributed by atoms with Crippen molar-refractivity contribution >= 4 is 37.8 Å². The lowest BCUT2D eigenvalue weighted by atomic mass is 10.2. The van der Waals surface area contributed by atoms with Gasteiger partial charge in [-0.3, -0.25) is 4.79 Å². The Labute approximate surface area is 98.5 Å². The number of likely N-dealkylation sites (N-methyl/N-ethyl adjacent to an activating group) is 1. The highest BCUT2D eigenvalue weighted by molar-refractivity contribution is 9.11. The Morgan fingerprint density at radius 2 is 2.14 bits per heavy atom. The molecule has 0 fully saturated rings. The van der Waals surface area contributed by atoms with Crippen LogP contribution in [0.15, 0.2) is 9.34 Å². The Bertz CT molecular complexity index is 402. The number of carbonyl (C=O) groups is 1. The maximum atomic E-state index is 11.7. The van der Waals surface area contributed by atoms with Crippen LogP contribution in [0.1, 0.15) is 18.7 Å². The number of nitrogens with zero attached hydrogens (tertiary/aromatic N) is 3. The standard InChI is InChI=1S/C8H9Br2N3O/c1-4-7(14)12(2)3-5-6(9)11-8(10)13(4)5/h4H,3H2,1-2H3. The third-order valence-corrected chi connectivity index (χ3v) is 3.62. The lowest BCUT2D eigenvalue weighted by Crippen LogP contribution is -2.38.